The Morgan fingerprint density at radius 3 is 2.71 bits per heavy atom. The maximum absolute atomic E-state index is 12.1. The molecule has 2 rings (SSSR count). The Kier molecular flexibility index (Phi) is 3.87. The lowest BCUT2D eigenvalue weighted by Crippen LogP contribution is -2.51. The van der Waals surface area contributed by atoms with Crippen LogP contribution in [-0.2, 0) is 4.79 Å². The van der Waals surface area contributed by atoms with Crippen LogP contribution in [0.2, 0.25) is 0 Å². The van der Waals surface area contributed by atoms with E-state index >= 15 is 0 Å². The molecule has 0 saturated carbocycles. The fourth-order valence-corrected chi connectivity index (χ4v) is 2.72. The molecule has 1 aliphatic carbocycles. The number of nitrogens with one attached hydrogen (secondary N) is 1. The molecule has 0 aromatic rings. The highest BCUT2D eigenvalue weighted by Gasteiger charge is 2.30. The molecule has 1 fully saturated rings. The van der Waals surface area contributed by atoms with Crippen LogP contribution >= 0.6 is 0 Å². The highest BCUT2D eigenvalue weighted by atomic mass is 16.2. The normalized spacial score (nSPS) is 27.4. The molecule has 96 valence electrons. The van der Waals surface area contributed by atoms with Gasteiger partial charge >= 0.3 is 0 Å². The number of hydrogen-bond donors (Lipinski definition) is 1. The predicted molar refractivity (Wildman–Crippen MR) is 69.8 cm³/mol. The second-order valence-corrected chi connectivity index (χ2v) is 5.66. The number of carbonyl (C=O) groups is 1. The molecule has 1 N–H and O–H groups in total. The minimum absolute atomic E-state index is 0.226. The molecule has 1 aliphatic heterocycles. The molecule has 1 atom stereocenters. The number of rotatable bonds is 3. The van der Waals surface area contributed by atoms with E-state index in [-0.39, 0.29) is 5.54 Å². The maximum atomic E-state index is 12.1. The zero-order valence-electron chi connectivity index (χ0n) is 11.0. The fraction of sp³-hybridized carbons (Fsp3) is 0.786. The van der Waals surface area contributed by atoms with Crippen molar-refractivity contribution in [2.45, 2.75) is 44.6 Å². The smallest absolute Gasteiger partial charge is 0.223 e. The van der Waals surface area contributed by atoms with Gasteiger partial charge in [-0.3, -0.25) is 4.79 Å². The van der Waals surface area contributed by atoms with Gasteiger partial charge in [0.15, 0.2) is 0 Å². The van der Waals surface area contributed by atoms with Crippen LogP contribution < -0.4 is 5.32 Å². The summed E-state index contributed by atoms with van der Waals surface area (Å²) in [5.41, 5.74) is 0.226. The van der Waals surface area contributed by atoms with Gasteiger partial charge in [0.1, 0.15) is 0 Å². The van der Waals surface area contributed by atoms with Crippen molar-refractivity contribution in [3.05, 3.63) is 12.2 Å². The van der Waals surface area contributed by atoms with Gasteiger partial charge < -0.3 is 10.2 Å². The Balaban J connectivity index is 1.80. The molecule has 1 unspecified atom stereocenters. The van der Waals surface area contributed by atoms with Crippen molar-refractivity contribution in [2.24, 2.45) is 5.92 Å². The quantitative estimate of drug-likeness (QED) is 0.760. The summed E-state index contributed by atoms with van der Waals surface area (Å²) in [6.07, 6.45) is 9.56. The third kappa shape index (κ3) is 3.09. The van der Waals surface area contributed by atoms with Crippen LogP contribution in [0.4, 0.5) is 0 Å². The molecular formula is C14H24N2O. The minimum atomic E-state index is 0.226. The summed E-state index contributed by atoms with van der Waals surface area (Å²) in [4.78, 5) is 14.2. The van der Waals surface area contributed by atoms with Crippen molar-refractivity contribution in [3.8, 4) is 0 Å². The maximum Gasteiger partial charge on any atom is 0.223 e. The number of likely N-dealkylation sites (tertiary alicyclic amines) is 1. The van der Waals surface area contributed by atoms with E-state index in [0.717, 1.165) is 38.8 Å². The molecule has 0 aromatic heterocycles. The number of allylic oxidation sites excluding steroid dienone is 2. The van der Waals surface area contributed by atoms with E-state index in [1.54, 1.807) is 0 Å². The summed E-state index contributed by atoms with van der Waals surface area (Å²) >= 11 is 0. The Hall–Kier alpha value is -0.830. The number of amides is 1. The SMILES string of the molecule is CNC1(C)CCN(C(=O)CC2C=CCC2)CC1. The largest absolute Gasteiger partial charge is 0.343 e. The molecular weight excluding hydrogens is 212 g/mol. The second kappa shape index (κ2) is 5.21. The summed E-state index contributed by atoms with van der Waals surface area (Å²) in [5, 5.41) is 3.36. The van der Waals surface area contributed by atoms with Crippen LogP contribution in [0.5, 0.6) is 0 Å². The van der Waals surface area contributed by atoms with Crippen molar-refractivity contribution in [1.29, 1.82) is 0 Å². The van der Waals surface area contributed by atoms with Gasteiger partial charge in [-0.15, -0.1) is 0 Å². The standard InChI is InChI=1S/C14H24N2O/c1-14(15-2)7-9-16(10-8-14)13(17)11-12-5-3-4-6-12/h3,5,12,15H,4,6-11H2,1-2H3. The molecule has 1 saturated heterocycles. The summed E-state index contributed by atoms with van der Waals surface area (Å²) in [5.74, 6) is 0.847. The summed E-state index contributed by atoms with van der Waals surface area (Å²) < 4.78 is 0. The average molecular weight is 236 g/mol. The molecule has 0 aromatic carbocycles. The lowest BCUT2D eigenvalue weighted by molar-refractivity contribution is -0.133. The molecule has 3 heteroatoms. The second-order valence-electron chi connectivity index (χ2n) is 5.66. The highest BCUT2D eigenvalue weighted by Crippen LogP contribution is 2.25. The number of piperidine rings is 1. The van der Waals surface area contributed by atoms with Crippen LogP contribution in [0.15, 0.2) is 12.2 Å². The first-order chi connectivity index (χ1) is 8.13. The van der Waals surface area contributed by atoms with Gasteiger partial charge in [-0.2, -0.15) is 0 Å². The minimum Gasteiger partial charge on any atom is -0.343 e. The van der Waals surface area contributed by atoms with Crippen LogP contribution in [0.3, 0.4) is 0 Å². The van der Waals surface area contributed by atoms with Crippen molar-refractivity contribution in [1.82, 2.24) is 10.2 Å². The Bertz CT molecular complexity index is 303. The molecule has 3 nitrogen and oxygen atoms in total. The van der Waals surface area contributed by atoms with Gasteiger partial charge in [0.05, 0.1) is 0 Å². The van der Waals surface area contributed by atoms with Crippen LogP contribution in [0, 0.1) is 5.92 Å². The first-order valence-corrected chi connectivity index (χ1v) is 6.76. The predicted octanol–water partition coefficient (Wildman–Crippen LogP) is 1.94. The average Bonchev–Trinajstić information content (AvgIpc) is 2.83. The van der Waals surface area contributed by atoms with E-state index in [0.29, 0.717) is 18.2 Å². The van der Waals surface area contributed by atoms with Gasteiger partial charge in [0.2, 0.25) is 5.91 Å². The molecule has 17 heavy (non-hydrogen) atoms. The van der Waals surface area contributed by atoms with Crippen molar-refractivity contribution >= 4 is 5.91 Å². The lowest BCUT2D eigenvalue weighted by atomic mass is 9.89. The fourth-order valence-electron chi connectivity index (χ4n) is 2.72. The first-order valence-electron chi connectivity index (χ1n) is 6.76. The van der Waals surface area contributed by atoms with Crippen molar-refractivity contribution < 1.29 is 4.79 Å². The molecule has 1 amide bonds. The zero-order valence-corrected chi connectivity index (χ0v) is 11.0. The Morgan fingerprint density at radius 2 is 2.18 bits per heavy atom. The van der Waals surface area contributed by atoms with E-state index in [2.05, 4.69) is 24.4 Å². The summed E-state index contributed by atoms with van der Waals surface area (Å²) in [6.45, 7) is 4.06. The van der Waals surface area contributed by atoms with Crippen LogP contribution in [0.25, 0.3) is 0 Å². The third-order valence-corrected chi connectivity index (χ3v) is 4.37. The van der Waals surface area contributed by atoms with Crippen molar-refractivity contribution in [3.63, 3.8) is 0 Å². The van der Waals surface area contributed by atoms with E-state index < -0.39 is 0 Å². The molecule has 0 radical (unpaired) electrons. The Labute approximate surface area is 104 Å². The van der Waals surface area contributed by atoms with Crippen molar-refractivity contribution in [2.75, 3.05) is 20.1 Å². The third-order valence-electron chi connectivity index (χ3n) is 4.37. The van der Waals surface area contributed by atoms with Gasteiger partial charge in [0, 0.05) is 25.0 Å². The van der Waals surface area contributed by atoms with E-state index in [1.807, 2.05) is 11.9 Å². The summed E-state index contributed by atoms with van der Waals surface area (Å²) in [7, 11) is 2.01. The zero-order chi connectivity index (χ0) is 12.3. The summed E-state index contributed by atoms with van der Waals surface area (Å²) in [6, 6.07) is 0. The molecule has 1 heterocycles. The molecule has 2 aliphatic rings. The van der Waals surface area contributed by atoms with Crippen LogP contribution in [-0.4, -0.2) is 36.5 Å². The Morgan fingerprint density at radius 1 is 1.47 bits per heavy atom. The highest BCUT2D eigenvalue weighted by molar-refractivity contribution is 5.76. The molecule has 0 bridgehead atoms. The number of carbonyl (C=O) groups excluding carboxylic acids is 1. The van der Waals surface area contributed by atoms with Gasteiger partial charge in [-0.1, -0.05) is 12.2 Å². The number of hydrogen-bond acceptors (Lipinski definition) is 2. The topological polar surface area (TPSA) is 32.3 Å². The lowest BCUT2D eigenvalue weighted by Gasteiger charge is -2.39. The van der Waals surface area contributed by atoms with Gasteiger partial charge in [0.25, 0.3) is 0 Å². The van der Waals surface area contributed by atoms with Crippen LogP contribution in [0.1, 0.15) is 39.0 Å². The van der Waals surface area contributed by atoms with E-state index in [4.69, 9.17) is 0 Å². The monoisotopic (exact) mass is 236 g/mol. The number of nitrogens with zero attached hydrogens (tertiary/aromatic N) is 1. The van der Waals surface area contributed by atoms with E-state index in [1.165, 1.54) is 0 Å². The van der Waals surface area contributed by atoms with E-state index in [9.17, 15) is 4.79 Å². The van der Waals surface area contributed by atoms with Gasteiger partial charge in [-0.05, 0) is 45.6 Å². The first kappa shape index (κ1) is 12.6. The molecule has 0 spiro atoms. The van der Waals surface area contributed by atoms with Gasteiger partial charge in [-0.25, -0.2) is 0 Å².